The number of guanidine groups is 1. The molecule has 3 heterocycles. The lowest BCUT2D eigenvalue weighted by atomic mass is 10.2. The van der Waals surface area contributed by atoms with Crippen LogP contribution < -0.4 is 21.1 Å². The van der Waals surface area contributed by atoms with Gasteiger partial charge in [0.25, 0.3) is 5.89 Å². The zero-order valence-corrected chi connectivity index (χ0v) is 18.4. The fraction of sp³-hybridized carbons (Fsp3) is 0.286. The maximum Gasteiger partial charge on any atom is 0.422 e. The third kappa shape index (κ3) is 6.51. The zero-order valence-electron chi connectivity index (χ0n) is 18.4. The fourth-order valence-corrected chi connectivity index (χ4v) is 2.95. The molecule has 4 rings (SSSR count). The van der Waals surface area contributed by atoms with E-state index >= 15 is 0 Å². The van der Waals surface area contributed by atoms with Crippen LogP contribution in [0.3, 0.4) is 0 Å². The minimum atomic E-state index is -4.46. The molecule has 14 heteroatoms. The summed E-state index contributed by atoms with van der Waals surface area (Å²) in [5, 5.41) is 10.1. The third-order valence-corrected chi connectivity index (χ3v) is 4.56. The summed E-state index contributed by atoms with van der Waals surface area (Å²) in [7, 11) is 1.54. The first-order valence-corrected chi connectivity index (χ1v) is 10.3. The minimum absolute atomic E-state index is 0.0685. The van der Waals surface area contributed by atoms with E-state index in [0.29, 0.717) is 18.1 Å². The Balaban J connectivity index is 1.53. The van der Waals surface area contributed by atoms with Crippen LogP contribution >= 0.6 is 0 Å². The van der Waals surface area contributed by atoms with Crippen molar-refractivity contribution < 1.29 is 27.2 Å². The Morgan fingerprint density at radius 3 is 2.63 bits per heavy atom. The van der Waals surface area contributed by atoms with Gasteiger partial charge in [0, 0.05) is 31.5 Å². The molecule has 0 amide bonds. The van der Waals surface area contributed by atoms with Crippen molar-refractivity contribution >= 4 is 17.5 Å². The third-order valence-electron chi connectivity index (χ3n) is 4.56. The second kappa shape index (κ2) is 10.1. The number of hydrogen-bond acceptors (Lipinski definition) is 11. The van der Waals surface area contributed by atoms with Gasteiger partial charge in [-0.1, -0.05) is 23.4 Å². The second-order valence-corrected chi connectivity index (χ2v) is 7.37. The summed E-state index contributed by atoms with van der Waals surface area (Å²) in [5.41, 5.74) is 7.52. The summed E-state index contributed by atoms with van der Waals surface area (Å²) >= 11 is 0. The molecule has 0 spiro atoms. The molecular formula is C21H21F3N8O3. The standard InChI is InChI=1S/C21H21F3N8O3/c1-33-10-9-21(25)30-16(29-19(31-21)27-14-5-3-2-4-6-14)17-28-18(35-32-17)13-7-8-15(26-11-13)34-12-20(22,23)24/h2-8,11H,9-10,12,25H2,1H3,(H2,27,29,30,31). The van der Waals surface area contributed by atoms with Gasteiger partial charge in [-0.25, -0.2) is 15.0 Å². The number of pyridine rings is 1. The largest absolute Gasteiger partial charge is 0.468 e. The Kier molecular flexibility index (Phi) is 6.93. The molecular weight excluding hydrogens is 469 g/mol. The summed E-state index contributed by atoms with van der Waals surface area (Å²) in [5.74, 6) is -0.869. The minimum Gasteiger partial charge on any atom is -0.468 e. The van der Waals surface area contributed by atoms with E-state index in [1.807, 2.05) is 30.3 Å². The topological polar surface area (TPSA) is 145 Å². The van der Waals surface area contributed by atoms with Crippen molar-refractivity contribution in [1.29, 1.82) is 0 Å². The molecule has 0 bridgehead atoms. The molecule has 0 aliphatic carbocycles. The number of nitrogens with zero attached hydrogens (tertiary/aromatic N) is 5. The summed E-state index contributed by atoms with van der Waals surface area (Å²) in [6, 6.07) is 12.0. The molecule has 11 nitrogen and oxygen atoms in total. The number of nitrogens with two attached hydrogens (primary N) is 1. The molecule has 1 unspecified atom stereocenters. The number of amidine groups is 1. The zero-order chi connectivity index (χ0) is 24.9. The number of para-hydroxylation sites is 1. The van der Waals surface area contributed by atoms with Crippen LogP contribution in [0.1, 0.15) is 12.2 Å². The van der Waals surface area contributed by atoms with E-state index in [2.05, 4.69) is 40.5 Å². The maximum absolute atomic E-state index is 12.3. The monoisotopic (exact) mass is 490 g/mol. The molecule has 2 aromatic heterocycles. The molecule has 1 aliphatic rings. The van der Waals surface area contributed by atoms with Gasteiger partial charge >= 0.3 is 6.18 Å². The van der Waals surface area contributed by atoms with Gasteiger partial charge < -0.3 is 24.6 Å². The molecule has 0 saturated heterocycles. The van der Waals surface area contributed by atoms with Crippen molar-refractivity contribution in [2.45, 2.75) is 18.4 Å². The van der Waals surface area contributed by atoms with Crippen LogP contribution in [-0.4, -0.2) is 59.2 Å². The normalized spacial score (nSPS) is 17.9. The van der Waals surface area contributed by atoms with Gasteiger partial charge in [0.15, 0.2) is 12.4 Å². The number of ether oxygens (including phenoxy) is 2. The van der Waals surface area contributed by atoms with E-state index in [9.17, 15) is 13.2 Å². The van der Waals surface area contributed by atoms with E-state index in [4.69, 9.17) is 15.0 Å². The Bertz CT molecular complexity index is 1200. The van der Waals surface area contributed by atoms with E-state index in [0.717, 1.165) is 5.69 Å². The number of aliphatic imine (C=N–C) groups is 2. The predicted octanol–water partition coefficient (Wildman–Crippen LogP) is 2.54. The number of rotatable bonds is 8. The summed E-state index contributed by atoms with van der Waals surface area (Å²) in [4.78, 5) is 17.0. The molecule has 0 saturated carbocycles. The van der Waals surface area contributed by atoms with Crippen LogP contribution in [0.2, 0.25) is 0 Å². The molecule has 0 radical (unpaired) electrons. The highest BCUT2D eigenvalue weighted by Crippen LogP contribution is 2.22. The number of halogens is 3. The lowest BCUT2D eigenvalue weighted by Gasteiger charge is -2.27. The Labute approximate surface area is 197 Å². The lowest BCUT2D eigenvalue weighted by molar-refractivity contribution is -0.154. The van der Waals surface area contributed by atoms with Crippen LogP contribution in [0.5, 0.6) is 5.88 Å². The first kappa shape index (κ1) is 24.1. The summed E-state index contributed by atoms with van der Waals surface area (Å²) in [6.07, 6.45) is -2.92. The van der Waals surface area contributed by atoms with E-state index in [-0.39, 0.29) is 29.9 Å². The average molecular weight is 490 g/mol. The van der Waals surface area contributed by atoms with Gasteiger partial charge in [-0.15, -0.1) is 0 Å². The van der Waals surface area contributed by atoms with Crippen LogP contribution in [-0.2, 0) is 4.74 Å². The highest BCUT2D eigenvalue weighted by molar-refractivity contribution is 6.12. The van der Waals surface area contributed by atoms with Crippen molar-refractivity contribution in [1.82, 2.24) is 20.4 Å². The first-order chi connectivity index (χ1) is 16.7. The Hall–Kier alpha value is -4.04. The van der Waals surface area contributed by atoms with E-state index in [1.54, 1.807) is 7.11 Å². The van der Waals surface area contributed by atoms with Gasteiger partial charge in [0.2, 0.25) is 23.5 Å². The van der Waals surface area contributed by atoms with Crippen molar-refractivity contribution in [3.05, 3.63) is 54.5 Å². The maximum atomic E-state index is 12.3. The molecule has 1 aliphatic heterocycles. The molecule has 184 valence electrons. The van der Waals surface area contributed by atoms with Crippen LogP contribution in [0.15, 0.2) is 63.2 Å². The highest BCUT2D eigenvalue weighted by Gasteiger charge is 2.31. The van der Waals surface area contributed by atoms with Crippen molar-refractivity contribution in [3.8, 4) is 17.3 Å². The van der Waals surface area contributed by atoms with E-state index < -0.39 is 18.6 Å². The number of alkyl halides is 3. The summed E-state index contributed by atoms with van der Waals surface area (Å²) in [6.45, 7) is -1.14. The Morgan fingerprint density at radius 1 is 1.14 bits per heavy atom. The molecule has 4 N–H and O–H groups in total. The van der Waals surface area contributed by atoms with Crippen LogP contribution in [0.25, 0.3) is 11.5 Å². The average Bonchev–Trinajstić information content (AvgIpc) is 3.32. The molecule has 3 aromatic rings. The molecule has 1 aromatic carbocycles. The molecule has 35 heavy (non-hydrogen) atoms. The first-order valence-electron chi connectivity index (χ1n) is 10.3. The second-order valence-electron chi connectivity index (χ2n) is 7.37. The Morgan fingerprint density at radius 2 is 1.94 bits per heavy atom. The van der Waals surface area contributed by atoms with Gasteiger partial charge in [0.1, 0.15) is 0 Å². The predicted molar refractivity (Wildman–Crippen MR) is 120 cm³/mol. The number of nitrogens with one attached hydrogen (secondary N) is 2. The van der Waals surface area contributed by atoms with Crippen molar-refractivity contribution in [2.75, 3.05) is 25.6 Å². The van der Waals surface area contributed by atoms with Crippen molar-refractivity contribution in [2.24, 2.45) is 15.7 Å². The van der Waals surface area contributed by atoms with Crippen LogP contribution in [0.4, 0.5) is 18.9 Å². The smallest absolute Gasteiger partial charge is 0.422 e. The lowest BCUT2D eigenvalue weighted by Crippen LogP contribution is -2.50. The fourth-order valence-electron chi connectivity index (χ4n) is 2.95. The summed E-state index contributed by atoms with van der Waals surface area (Å²) < 4.78 is 51.9. The van der Waals surface area contributed by atoms with Gasteiger partial charge in [0.05, 0.1) is 12.2 Å². The van der Waals surface area contributed by atoms with Crippen molar-refractivity contribution in [3.63, 3.8) is 0 Å². The highest BCUT2D eigenvalue weighted by atomic mass is 19.4. The van der Waals surface area contributed by atoms with Gasteiger partial charge in [-0.3, -0.25) is 5.73 Å². The molecule has 0 fully saturated rings. The van der Waals surface area contributed by atoms with E-state index in [1.165, 1.54) is 18.3 Å². The number of anilines is 1. The SMILES string of the molecule is COCCC1(N)N=C(Nc2ccccc2)NC(c2noc(-c3ccc(OCC(F)(F)F)nc3)n2)=N1. The van der Waals surface area contributed by atoms with Gasteiger partial charge in [-0.05, 0) is 18.2 Å². The molecule has 1 atom stereocenters. The number of hydrogen-bond donors (Lipinski definition) is 3. The number of methoxy groups -OCH3 is 1. The quantitative estimate of drug-likeness (QED) is 0.434. The number of aromatic nitrogens is 3. The van der Waals surface area contributed by atoms with Gasteiger partial charge in [-0.2, -0.15) is 18.2 Å². The van der Waals surface area contributed by atoms with Crippen LogP contribution in [0, 0.1) is 0 Å². The number of benzene rings is 1.